The molecule has 30 heavy (non-hydrogen) atoms. The Morgan fingerprint density at radius 3 is 2.63 bits per heavy atom. The average Bonchev–Trinajstić information content (AvgIpc) is 3.28. The van der Waals surface area contributed by atoms with Gasteiger partial charge in [-0.1, -0.05) is 24.3 Å². The first-order valence-corrected chi connectivity index (χ1v) is 11.2. The highest BCUT2D eigenvalue weighted by molar-refractivity contribution is 7.90. The maximum atomic E-state index is 12.1. The summed E-state index contributed by atoms with van der Waals surface area (Å²) in [6.45, 7) is 1.30. The summed E-state index contributed by atoms with van der Waals surface area (Å²) in [6, 6.07) is 14.2. The Hall–Kier alpha value is -3.20. The van der Waals surface area contributed by atoms with Crippen LogP contribution in [0.15, 0.2) is 58.4 Å². The topological polar surface area (TPSA) is 108 Å². The maximum Gasteiger partial charge on any atom is 0.263 e. The number of anilines is 1. The number of carbonyl (C=O) groups excluding carboxylic acids is 2. The Bertz CT molecular complexity index is 1110. The van der Waals surface area contributed by atoms with Crippen molar-refractivity contribution in [1.29, 1.82) is 0 Å². The standard InChI is InChI=1S/C21H22N4O4S/c26-19(11-12-22-21-17-4-1-2-5-18(17)30(28,29)24-21)23-14-15-7-9-16(10-8-15)25-13-3-6-20(25)27/h1-2,4-5,7-10H,3,6,11-14H2,(H,22,24)(H,23,26). The third-order valence-electron chi connectivity index (χ3n) is 5.08. The Morgan fingerprint density at radius 2 is 1.90 bits per heavy atom. The third-order valence-corrected chi connectivity index (χ3v) is 6.48. The zero-order chi connectivity index (χ0) is 21.1. The molecule has 4 rings (SSSR count). The number of nitrogens with zero attached hydrogens (tertiary/aromatic N) is 2. The third kappa shape index (κ3) is 4.20. The Kier molecular flexibility index (Phi) is 5.54. The zero-order valence-electron chi connectivity index (χ0n) is 16.3. The molecule has 2 heterocycles. The molecule has 8 nitrogen and oxygen atoms in total. The molecule has 0 unspecified atom stereocenters. The molecule has 2 aliphatic heterocycles. The van der Waals surface area contributed by atoms with Crippen LogP contribution in [0.2, 0.25) is 0 Å². The molecule has 0 spiro atoms. The van der Waals surface area contributed by atoms with Crippen LogP contribution < -0.4 is 14.9 Å². The van der Waals surface area contributed by atoms with Crippen LogP contribution in [0.3, 0.4) is 0 Å². The lowest BCUT2D eigenvalue weighted by Gasteiger charge is -2.16. The Morgan fingerprint density at radius 1 is 1.13 bits per heavy atom. The van der Waals surface area contributed by atoms with Gasteiger partial charge < -0.3 is 10.2 Å². The van der Waals surface area contributed by atoms with Crippen molar-refractivity contribution in [3.8, 4) is 0 Å². The summed E-state index contributed by atoms with van der Waals surface area (Å²) in [7, 11) is -3.57. The molecule has 9 heteroatoms. The Balaban J connectivity index is 1.28. The van der Waals surface area contributed by atoms with Gasteiger partial charge in [-0.25, -0.2) is 8.42 Å². The van der Waals surface area contributed by atoms with Gasteiger partial charge in [-0.2, -0.15) is 0 Å². The molecule has 0 radical (unpaired) electrons. The number of nitrogens with one attached hydrogen (secondary N) is 2. The molecule has 2 aromatic carbocycles. The molecule has 0 saturated carbocycles. The number of aliphatic imine (C=N–C) groups is 1. The van der Waals surface area contributed by atoms with Gasteiger partial charge in [0.2, 0.25) is 11.8 Å². The molecule has 0 atom stereocenters. The summed E-state index contributed by atoms with van der Waals surface area (Å²) >= 11 is 0. The van der Waals surface area contributed by atoms with Crippen molar-refractivity contribution < 1.29 is 18.0 Å². The van der Waals surface area contributed by atoms with E-state index in [1.165, 1.54) is 6.07 Å². The van der Waals surface area contributed by atoms with Crippen molar-refractivity contribution in [2.24, 2.45) is 4.99 Å². The predicted octanol–water partition coefficient (Wildman–Crippen LogP) is 1.56. The molecule has 1 fully saturated rings. The highest BCUT2D eigenvalue weighted by Gasteiger charge is 2.30. The van der Waals surface area contributed by atoms with Crippen molar-refractivity contribution >= 4 is 33.4 Å². The molecular weight excluding hydrogens is 404 g/mol. The fourth-order valence-corrected chi connectivity index (χ4v) is 4.78. The summed E-state index contributed by atoms with van der Waals surface area (Å²) in [6.07, 6.45) is 1.62. The normalized spacial score (nSPS) is 18.3. The average molecular weight is 426 g/mol. The van der Waals surface area contributed by atoms with E-state index in [2.05, 4.69) is 15.0 Å². The molecule has 2 aliphatic rings. The van der Waals surface area contributed by atoms with Gasteiger partial charge in [0.05, 0.1) is 11.4 Å². The molecule has 0 aliphatic carbocycles. The van der Waals surface area contributed by atoms with E-state index >= 15 is 0 Å². The van der Waals surface area contributed by atoms with Crippen molar-refractivity contribution in [2.75, 3.05) is 18.0 Å². The maximum absolute atomic E-state index is 12.1. The number of fused-ring (bicyclic) bond motifs is 1. The summed E-state index contributed by atoms with van der Waals surface area (Å²) in [4.78, 5) is 30.1. The summed E-state index contributed by atoms with van der Waals surface area (Å²) in [5.41, 5.74) is 2.33. The highest BCUT2D eigenvalue weighted by Crippen LogP contribution is 2.23. The number of carbonyl (C=O) groups is 2. The number of amidine groups is 1. The lowest BCUT2D eigenvalue weighted by Crippen LogP contribution is -2.25. The van der Waals surface area contributed by atoms with E-state index in [9.17, 15) is 18.0 Å². The van der Waals surface area contributed by atoms with Crippen LogP contribution in [0, 0.1) is 0 Å². The second-order valence-electron chi connectivity index (χ2n) is 7.17. The second-order valence-corrected chi connectivity index (χ2v) is 8.82. The minimum absolute atomic E-state index is 0.143. The molecule has 2 amide bonds. The number of benzene rings is 2. The fraction of sp³-hybridized carbons (Fsp3) is 0.286. The second kappa shape index (κ2) is 8.27. The fourth-order valence-electron chi connectivity index (χ4n) is 3.52. The summed E-state index contributed by atoms with van der Waals surface area (Å²) in [5.74, 6) is 0.239. The van der Waals surface area contributed by atoms with Gasteiger partial charge in [0, 0.05) is 37.2 Å². The van der Waals surface area contributed by atoms with Gasteiger partial charge >= 0.3 is 0 Å². The first-order valence-electron chi connectivity index (χ1n) is 9.77. The number of hydrogen-bond acceptors (Lipinski definition) is 5. The lowest BCUT2D eigenvalue weighted by molar-refractivity contribution is -0.121. The van der Waals surface area contributed by atoms with Crippen LogP contribution in [-0.2, 0) is 26.2 Å². The zero-order valence-corrected chi connectivity index (χ0v) is 17.1. The number of sulfonamides is 1. The number of hydrogen-bond donors (Lipinski definition) is 2. The molecular formula is C21H22N4O4S. The van der Waals surface area contributed by atoms with Gasteiger partial charge in [-0.05, 0) is 36.2 Å². The predicted molar refractivity (Wildman–Crippen MR) is 113 cm³/mol. The molecule has 2 N–H and O–H groups in total. The van der Waals surface area contributed by atoms with E-state index in [-0.39, 0.29) is 35.5 Å². The van der Waals surface area contributed by atoms with E-state index in [1.807, 2.05) is 24.3 Å². The summed E-state index contributed by atoms with van der Waals surface area (Å²) < 4.78 is 26.5. The quantitative estimate of drug-likeness (QED) is 0.731. The lowest BCUT2D eigenvalue weighted by atomic mass is 10.2. The van der Waals surface area contributed by atoms with Crippen LogP contribution in [0.5, 0.6) is 0 Å². The minimum atomic E-state index is -3.57. The number of amides is 2. The van der Waals surface area contributed by atoms with Crippen molar-refractivity contribution in [3.05, 3.63) is 59.7 Å². The van der Waals surface area contributed by atoms with Crippen LogP contribution in [0.25, 0.3) is 0 Å². The van der Waals surface area contributed by atoms with E-state index in [1.54, 1.807) is 23.1 Å². The van der Waals surface area contributed by atoms with Crippen molar-refractivity contribution in [3.63, 3.8) is 0 Å². The molecule has 0 aromatic heterocycles. The molecule has 156 valence electrons. The highest BCUT2D eigenvalue weighted by atomic mass is 32.2. The largest absolute Gasteiger partial charge is 0.352 e. The van der Waals surface area contributed by atoms with E-state index in [0.29, 0.717) is 18.5 Å². The first kappa shape index (κ1) is 20.1. The van der Waals surface area contributed by atoms with Crippen LogP contribution >= 0.6 is 0 Å². The first-order chi connectivity index (χ1) is 14.4. The smallest absolute Gasteiger partial charge is 0.263 e. The Labute approximate surface area is 175 Å². The van der Waals surface area contributed by atoms with Gasteiger partial charge in [0.25, 0.3) is 10.0 Å². The van der Waals surface area contributed by atoms with Crippen LogP contribution in [0.4, 0.5) is 5.69 Å². The SMILES string of the molecule is O=C(CCN=C1NS(=O)(=O)c2ccccc21)NCc1ccc(N2CCCC2=O)cc1. The van der Waals surface area contributed by atoms with Gasteiger partial charge in [0.1, 0.15) is 5.84 Å². The van der Waals surface area contributed by atoms with Gasteiger partial charge in [-0.3, -0.25) is 19.3 Å². The monoisotopic (exact) mass is 426 g/mol. The summed E-state index contributed by atoms with van der Waals surface area (Å²) in [5, 5.41) is 2.83. The van der Waals surface area contributed by atoms with Crippen molar-refractivity contribution in [1.82, 2.24) is 10.0 Å². The molecule has 2 aromatic rings. The number of rotatable bonds is 6. The van der Waals surface area contributed by atoms with E-state index in [0.717, 1.165) is 24.2 Å². The van der Waals surface area contributed by atoms with Crippen molar-refractivity contribution in [2.45, 2.75) is 30.7 Å². The van der Waals surface area contributed by atoms with Gasteiger partial charge in [-0.15, -0.1) is 0 Å². The van der Waals surface area contributed by atoms with Crippen LogP contribution in [0.1, 0.15) is 30.4 Å². The van der Waals surface area contributed by atoms with Crippen LogP contribution in [-0.4, -0.2) is 39.2 Å². The molecule has 0 bridgehead atoms. The van der Waals surface area contributed by atoms with Gasteiger partial charge in [0.15, 0.2) is 0 Å². The van der Waals surface area contributed by atoms with E-state index < -0.39 is 10.0 Å². The molecule has 1 saturated heterocycles. The van der Waals surface area contributed by atoms with E-state index in [4.69, 9.17) is 0 Å². The minimum Gasteiger partial charge on any atom is -0.352 e.